The number of aromatic nitrogens is 2. The minimum absolute atomic E-state index is 0.569. The number of hydrogen-bond donors (Lipinski definition) is 1. The molecule has 0 amide bonds. The maximum Gasteiger partial charge on any atom is 0.163 e. The van der Waals surface area contributed by atoms with Crippen molar-refractivity contribution < 1.29 is 9.47 Å². The highest BCUT2D eigenvalue weighted by atomic mass is 16.6. The molecule has 0 bridgehead atoms. The summed E-state index contributed by atoms with van der Waals surface area (Å²) in [6, 6.07) is 20.5. The van der Waals surface area contributed by atoms with Gasteiger partial charge in [0, 0.05) is 23.0 Å². The number of rotatable bonds is 3. The average molecular weight is 371 g/mol. The molecule has 5 rings (SSSR count). The van der Waals surface area contributed by atoms with Crippen LogP contribution >= 0.6 is 0 Å². The zero-order chi connectivity index (χ0) is 19.1. The van der Waals surface area contributed by atoms with Crippen LogP contribution in [0, 0.1) is 13.8 Å². The summed E-state index contributed by atoms with van der Waals surface area (Å²) in [6.45, 7) is 5.33. The van der Waals surface area contributed by atoms with Gasteiger partial charge in [-0.2, -0.15) is 0 Å². The highest BCUT2D eigenvalue weighted by Gasteiger charge is 2.17. The molecule has 1 aliphatic heterocycles. The molecular weight excluding hydrogens is 350 g/mol. The van der Waals surface area contributed by atoms with Gasteiger partial charge in [-0.25, -0.2) is 4.98 Å². The Hall–Kier alpha value is -3.47. The Kier molecular flexibility index (Phi) is 3.93. The van der Waals surface area contributed by atoms with E-state index in [9.17, 15) is 0 Å². The lowest BCUT2D eigenvalue weighted by atomic mass is 10.1. The third kappa shape index (κ3) is 2.85. The topological polar surface area (TPSA) is 47.8 Å². The fraction of sp³-hybridized carbons (Fsp3) is 0.174. The summed E-state index contributed by atoms with van der Waals surface area (Å²) in [5.41, 5.74) is 6.18. The Morgan fingerprint density at radius 3 is 2.50 bits per heavy atom. The smallest absolute Gasteiger partial charge is 0.163 e. The van der Waals surface area contributed by atoms with Crippen molar-refractivity contribution in [2.24, 2.45) is 0 Å². The summed E-state index contributed by atoms with van der Waals surface area (Å²) in [5.74, 6) is 2.48. The summed E-state index contributed by atoms with van der Waals surface area (Å²) in [6.07, 6.45) is 0. The quantitative estimate of drug-likeness (QED) is 0.542. The average Bonchev–Trinajstić information content (AvgIpc) is 3.08. The largest absolute Gasteiger partial charge is 0.486 e. The lowest BCUT2D eigenvalue weighted by Gasteiger charge is -2.19. The number of benzene rings is 2. The normalized spacial score (nSPS) is 12.9. The van der Waals surface area contributed by atoms with Gasteiger partial charge < -0.3 is 14.8 Å². The molecule has 3 heterocycles. The van der Waals surface area contributed by atoms with Crippen molar-refractivity contribution >= 4 is 17.2 Å². The van der Waals surface area contributed by atoms with Gasteiger partial charge in [0.2, 0.25) is 0 Å². The Morgan fingerprint density at radius 1 is 0.893 bits per heavy atom. The van der Waals surface area contributed by atoms with Crippen LogP contribution < -0.4 is 14.8 Å². The van der Waals surface area contributed by atoms with E-state index in [4.69, 9.17) is 14.5 Å². The number of anilines is 2. The van der Waals surface area contributed by atoms with Gasteiger partial charge in [0.15, 0.2) is 11.5 Å². The van der Waals surface area contributed by atoms with Gasteiger partial charge in [0.05, 0.1) is 0 Å². The van der Waals surface area contributed by atoms with Crippen molar-refractivity contribution in [3.63, 3.8) is 0 Å². The molecule has 5 nitrogen and oxygen atoms in total. The molecule has 140 valence electrons. The van der Waals surface area contributed by atoms with Crippen LogP contribution in [-0.4, -0.2) is 22.6 Å². The third-order valence-corrected chi connectivity index (χ3v) is 4.97. The van der Waals surface area contributed by atoms with Crippen LogP contribution in [0.2, 0.25) is 0 Å². The second-order valence-corrected chi connectivity index (χ2v) is 7.02. The van der Waals surface area contributed by atoms with E-state index in [0.29, 0.717) is 13.2 Å². The first-order valence-corrected chi connectivity index (χ1v) is 9.41. The van der Waals surface area contributed by atoms with Gasteiger partial charge in [0.1, 0.15) is 30.4 Å². The monoisotopic (exact) mass is 371 g/mol. The molecule has 0 atom stereocenters. The first-order chi connectivity index (χ1) is 13.7. The molecule has 2 aromatic carbocycles. The third-order valence-electron chi connectivity index (χ3n) is 4.97. The molecule has 5 heteroatoms. The van der Waals surface area contributed by atoms with Gasteiger partial charge >= 0.3 is 0 Å². The predicted molar refractivity (Wildman–Crippen MR) is 111 cm³/mol. The molecule has 0 saturated carbocycles. The zero-order valence-electron chi connectivity index (χ0n) is 15.9. The lowest BCUT2D eigenvalue weighted by Crippen LogP contribution is -2.15. The Labute approximate surface area is 163 Å². The Balaban J connectivity index is 1.65. The van der Waals surface area contributed by atoms with Crippen LogP contribution in [0.3, 0.4) is 0 Å². The van der Waals surface area contributed by atoms with E-state index in [1.807, 2.05) is 30.3 Å². The van der Waals surface area contributed by atoms with E-state index in [-0.39, 0.29) is 0 Å². The summed E-state index contributed by atoms with van der Waals surface area (Å²) in [7, 11) is 0. The summed E-state index contributed by atoms with van der Waals surface area (Å²) in [4.78, 5) is 4.90. The SMILES string of the molecule is Cc1ccc(-c2nc3cccc(C)n3c2Nc2ccc3c(c2)OCCO3)cc1. The molecule has 0 saturated heterocycles. The van der Waals surface area contributed by atoms with Gasteiger partial charge in [-0.3, -0.25) is 4.40 Å². The van der Waals surface area contributed by atoms with Crippen molar-refractivity contribution in [2.45, 2.75) is 13.8 Å². The Morgan fingerprint density at radius 2 is 1.68 bits per heavy atom. The van der Waals surface area contributed by atoms with E-state index in [2.05, 4.69) is 53.9 Å². The summed E-state index contributed by atoms with van der Waals surface area (Å²) < 4.78 is 13.5. The van der Waals surface area contributed by atoms with E-state index in [0.717, 1.165) is 45.6 Å². The molecule has 1 aliphatic rings. The highest BCUT2D eigenvalue weighted by molar-refractivity contribution is 5.80. The Bertz CT molecular complexity index is 1160. The number of hydrogen-bond acceptors (Lipinski definition) is 4. The van der Waals surface area contributed by atoms with Crippen molar-refractivity contribution in [3.8, 4) is 22.8 Å². The minimum atomic E-state index is 0.569. The number of fused-ring (bicyclic) bond motifs is 2. The number of pyridine rings is 1. The second-order valence-electron chi connectivity index (χ2n) is 7.02. The number of nitrogens with one attached hydrogen (secondary N) is 1. The van der Waals surface area contributed by atoms with Crippen LogP contribution in [-0.2, 0) is 0 Å². The first kappa shape index (κ1) is 16.7. The van der Waals surface area contributed by atoms with Crippen LogP contribution in [0.5, 0.6) is 11.5 Å². The molecular formula is C23H21N3O2. The molecule has 0 radical (unpaired) electrons. The molecule has 28 heavy (non-hydrogen) atoms. The molecule has 0 fully saturated rings. The maximum absolute atomic E-state index is 5.74. The fourth-order valence-corrected chi connectivity index (χ4v) is 3.54. The summed E-state index contributed by atoms with van der Waals surface area (Å²) in [5, 5.41) is 3.56. The minimum Gasteiger partial charge on any atom is -0.486 e. The van der Waals surface area contributed by atoms with Gasteiger partial charge in [0.25, 0.3) is 0 Å². The molecule has 4 aromatic rings. The van der Waals surface area contributed by atoms with Crippen LogP contribution in [0.25, 0.3) is 16.9 Å². The molecule has 0 unspecified atom stereocenters. The van der Waals surface area contributed by atoms with Crippen molar-refractivity contribution in [1.82, 2.24) is 9.38 Å². The second kappa shape index (κ2) is 6.60. The molecule has 0 aliphatic carbocycles. The van der Waals surface area contributed by atoms with Crippen LogP contribution in [0.1, 0.15) is 11.3 Å². The van der Waals surface area contributed by atoms with Gasteiger partial charge in [-0.15, -0.1) is 0 Å². The van der Waals surface area contributed by atoms with E-state index < -0.39 is 0 Å². The predicted octanol–water partition coefficient (Wildman–Crippen LogP) is 5.13. The number of imidazole rings is 1. The molecule has 2 aromatic heterocycles. The molecule has 1 N–H and O–H groups in total. The van der Waals surface area contributed by atoms with Crippen molar-refractivity contribution in [1.29, 1.82) is 0 Å². The fourth-order valence-electron chi connectivity index (χ4n) is 3.54. The van der Waals surface area contributed by atoms with Gasteiger partial charge in [-0.1, -0.05) is 35.9 Å². The summed E-state index contributed by atoms with van der Waals surface area (Å²) >= 11 is 0. The van der Waals surface area contributed by atoms with E-state index >= 15 is 0 Å². The van der Waals surface area contributed by atoms with Crippen LogP contribution in [0.4, 0.5) is 11.5 Å². The van der Waals surface area contributed by atoms with Gasteiger partial charge in [-0.05, 0) is 38.1 Å². The maximum atomic E-state index is 5.74. The van der Waals surface area contributed by atoms with Crippen molar-refractivity contribution in [2.75, 3.05) is 18.5 Å². The number of nitrogens with zero attached hydrogens (tertiary/aromatic N) is 2. The number of aryl methyl sites for hydroxylation is 2. The van der Waals surface area contributed by atoms with E-state index in [1.165, 1.54) is 5.56 Å². The highest BCUT2D eigenvalue weighted by Crippen LogP contribution is 2.36. The standard InChI is InChI=1S/C23H21N3O2/c1-15-6-8-17(9-7-15)22-23(26-16(2)4-3-5-21(26)25-22)24-18-10-11-19-20(14-18)28-13-12-27-19/h3-11,14,24H,12-13H2,1-2H3. The molecule has 0 spiro atoms. The number of ether oxygens (including phenoxy) is 2. The zero-order valence-corrected chi connectivity index (χ0v) is 15.9. The lowest BCUT2D eigenvalue weighted by molar-refractivity contribution is 0.171. The van der Waals surface area contributed by atoms with Crippen molar-refractivity contribution in [3.05, 3.63) is 71.9 Å². The van der Waals surface area contributed by atoms with E-state index in [1.54, 1.807) is 0 Å². The van der Waals surface area contributed by atoms with Crippen LogP contribution in [0.15, 0.2) is 60.7 Å². The first-order valence-electron chi connectivity index (χ1n) is 9.41.